The second-order valence-corrected chi connectivity index (χ2v) is 5.44. The lowest BCUT2D eigenvalue weighted by atomic mass is 9.84. The highest BCUT2D eigenvalue weighted by molar-refractivity contribution is 5.88. The zero-order valence-electron chi connectivity index (χ0n) is 12.3. The molecule has 1 heterocycles. The van der Waals surface area contributed by atoms with E-state index >= 15 is 0 Å². The quantitative estimate of drug-likeness (QED) is 0.830. The summed E-state index contributed by atoms with van der Waals surface area (Å²) >= 11 is 0. The summed E-state index contributed by atoms with van der Waals surface area (Å²) in [6, 6.07) is 0.338. The van der Waals surface area contributed by atoms with Gasteiger partial charge in [-0.15, -0.1) is 5.10 Å². The van der Waals surface area contributed by atoms with Gasteiger partial charge in [0.25, 0.3) is 0 Å². The molecule has 0 unspecified atom stereocenters. The maximum absolute atomic E-state index is 11.7. The number of carbonyl (C=O) groups excluding carboxylic acids is 1. The third-order valence-electron chi connectivity index (χ3n) is 4.29. The summed E-state index contributed by atoms with van der Waals surface area (Å²) in [6.07, 6.45) is 6.48. The summed E-state index contributed by atoms with van der Waals surface area (Å²) in [4.78, 5) is 11.7. The Morgan fingerprint density at radius 3 is 2.65 bits per heavy atom. The molecule has 2 rings (SSSR count). The number of ether oxygens (including phenoxy) is 1. The first-order valence-electron chi connectivity index (χ1n) is 7.43. The third-order valence-corrected chi connectivity index (χ3v) is 4.29. The minimum absolute atomic E-state index is 0.315. The summed E-state index contributed by atoms with van der Waals surface area (Å²) in [7, 11) is 1.36. The number of hydrogen-bond acceptors (Lipinski definition) is 5. The van der Waals surface area contributed by atoms with Gasteiger partial charge in [-0.05, 0) is 38.1 Å². The molecule has 0 saturated heterocycles. The molecule has 0 aromatic carbocycles. The summed E-state index contributed by atoms with van der Waals surface area (Å²) in [6.45, 7) is 2.72. The van der Waals surface area contributed by atoms with Crippen LogP contribution in [0.5, 0.6) is 0 Å². The Hall–Kier alpha value is -1.43. The van der Waals surface area contributed by atoms with Crippen molar-refractivity contribution >= 4 is 5.97 Å². The predicted molar refractivity (Wildman–Crippen MR) is 75.4 cm³/mol. The van der Waals surface area contributed by atoms with Crippen LogP contribution in [0.25, 0.3) is 0 Å². The summed E-state index contributed by atoms with van der Waals surface area (Å²) in [5.41, 5.74) is 6.79. The molecule has 1 fully saturated rings. The van der Waals surface area contributed by atoms with Crippen molar-refractivity contribution < 1.29 is 9.53 Å². The molecule has 0 spiro atoms. The van der Waals surface area contributed by atoms with E-state index in [1.165, 1.54) is 26.4 Å². The van der Waals surface area contributed by atoms with Crippen LogP contribution in [-0.4, -0.2) is 34.6 Å². The molecular weight excluding hydrogens is 256 g/mol. The van der Waals surface area contributed by atoms with E-state index in [1.807, 2.05) is 4.68 Å². The molecule has 1 aliphatic carbocycles. The monoisotopic (exact) mass is 280 g/mol. The minimum Gasteiger partial charge on any atom is -0.464 e. The van der Waals surface area contributed by atoms with E-state index in [0.29, 0.717) is 24.7 Å². The zero-order valence-corrected chi connectivity index (χ0v) is 12.3. The fraction of sp³-hybridized carbons (Fsp3) is 0.786. The molecule has 6 nitrogen and oxygen atoms in total. The maximum atomic E-state index is 11.7. The average molecular weight is 280 g/mol. The van der Waals surface area contributed by atoms with Crippen molar-refractivity contribution in [2.24, 2.45) is 11.7 Å². The Morgan fingerprint density at radius 2 is 2.10 bits per heavy atom. The SMILES string of the molecule is CCC1CCC(n2nnc(C(=O)OC)c2CCN)CC1. The number of hydrogen-bond donors (Lipinski definition) is 1. The normalized spacial score (nSPS) is 22.8. The maximum Gasteiger partial charge on any atom is 0.360 e. The lowest BCUT2D eigenvalue weighted by Crippen LogP contribution is -2.22. The summed E-state index contributed by atoms with van der Waals surface area (Å²) in [5.74, 6) is 0.398. The molecule has 0 bridgehead atoms. The Bertz CT molecular complexity index is 450. The van der Waals surface area contributed by atoms with Crippen LogP contribution >= 0.6 is 0 Å². The Morgan fingerprint density at radius 1 is 1.40 bits per heavy atom. The van der Waals surface area contributed by atoms with Crippen LogP contribution in [-0.2, 0) is 11.2 Å². The molecule has 6 heteroatoms. The van der Waals surface area contributed by atoms with Gasteiger partial charge in [0.2, 0.25) is 0 Å². The first-order chi connectivity index (χ1) is 9.71. The molecule has 20 heavy (non-hydrogen) atoms. The van der Waals surface area contributed by atoms with E-state index in [4.69, 9.17) is 10.5 Å². The van der Waals surface area contributed by atoms with Gasteiger partial charge in [-0.25, -0.2) is 9.48 Å². The van der Waals surface area contributed by atoms with E-state index in [2.05, 4.69) is 17.2 Å². The average Bonchev–Trinajstić information content (AvgIpc) is 2.91. The summed E-state index contributed by atoms with van der Waals surface area (Å²) < 4.78 is 6.67. The molecule has 112 valence electrons. The minimum atomic E-state index is -0.429. The fourth-order valence-corrected chi connectivity index (χ4v) is 3.03. The number of nitrogens with zero attached hydrogens (tertiary/aromatic N) is 3. The highest BCUT2D eigenvalue weighted by Gasteiger charge is 2.27. The lowest BCUT2D eigenvalue weighted by molar-refractivity contribution is 0.0592. The molecule has 1 aromatic rings. The second kappa shape index (κ2) is 6.83. The van der Waals surface area contributed by atoms with E-state index in [9.17, 15) is 4.79 Å². The van der Waals surface area contributed by atoms with Crippen LogP contribution in [0.3, 0.4) is 0 Å². The van der Waals surface area contributed by atoms with Gasteiger partial charge in [-0.1, -0.05) is 18.6 Å². The van der Waals surface area contributed by atoms with Crippen molar-refractivity contribution in [3.05, 3.63) is 11.4 Å². The second-order valence-electron chi connectivity index (χ2n) is 5.44. The first kappa shape index (κ1) is 15.0. The molecule has 1 saturated carbocycles. The molecule has 1 aliphatic rings. The third kappa shape index (κ3) is 3.00. The lowest BCUT2D eigenvalue weighted by Gasteiger charge is -2.28. The standard InChI is InChI=1S/C14H24N4O2/c1-3-10-4-6-11(7-5-10)18-12(8-9-15)13(16-17-18)14(19)20-2/h10-11H,3-9,15H2,1-2H3. The predicted octanol–water partition coefficient (Wildman–Crippen LogP) is 1.71. The molecular formula is C14H24N4O2. The van der Waals surface area contributed by atoms with Crippen LogP contribution in [0.2, 0.25) is 0 Å². The van der Waals surface area contributed by atoms with Gasteiger partial charge in [0.05, 0.1) is 18.8 Å². The number of carbonyl (C=O) groups is 1. The van der Waals surface area contributed by atoms with Gasteiger partial charge in [0, 0.05) is 6.42 Å². The topological polar surface area (TPSA) is 83.0 Å². The number of rotatable bonds is 5. The molecule has 0 radical (unpaired) electrons. The Labute approximate surface area is 119 Å². The van der Waals surface area contributed by atoms with Crippen molar-refractivity contribution in [3.63, 3.8) is 0 Å². The van der Waals surface area contributed by atoms with Crippen molar-refractivity contribution in [3.8, 4) is 0 Å². The molecule has 0 amide bonds. The van der Waals surface area contributed by atoms with Crippen molar-refractivity contribution in [2.45, 2.75) is 51.5 Å². The van der Waals surface area contributed by atoms with Crippen molar-refractivity contribution in [1.29, 1.82) is 0 Å². The number of methoxy groups -OCH3 is 1. The van der Waals surface area contributed by atoms with Crippen LogP contribution < -0.4 is 5.73 Å². The zero-order chi connectivity index (χ0) is 14.5. The Kier molecular flexibility index (Phi) is 5.11. The van der Waals surface area contributed by atoms with Crippen LogP contribution in [0.15, 0.2) is 0 Å². The van der Waals surface area contributed by atoms with E-state index in [1.54, 1.807) is 0 Å². The highest BCUT2D eigenvalue weighted by Crippen LogP contribution is 2.34. The molecule has 0 aliphatic heterocycles. The van der Waals surface area contributed by atoms with Gasteiger partial charge < -0.3 is 10.5 Å². The van der Waals surface area contributed by atoms with Gasteiger partial charge in [-0.3, -0.25) is 0 Å². The molecule has 0 atom stereocenters. The van der Waals surface area contributed by atoms with E-state index < -0.39 is 5.97 Å². The number of aromatic nitrogens is 3. The van der Waals surface area contributed by atoms with Gasteiger partial charge in [0.15, 0.2) is 5.69 Å². The van der Waals surface area contributed by atoms with Crippen molar-refractivity contribution in [2.75, 3.05) is 13.7 Å². The molecule has 1 aromatic heterocycles. The highest BCUT2D eigenvalue weighted by atomic mass is 16.5. The fourth-order valence-electron chi connectivity index (χ4n) is 3.03. The number of nitrogens with two attached hydrogens (primary N) is 1. The van der Waals surface area contributed by atoms with Crippen molar-refractivity contribution in [1.82, 2.24) is 15.0 Å². The summed E-state index contributed by atoms with van der Waals surface area (Å²) in [5, 5.41) is 8.19. The van der Waals surface area contributed by atoms with Crippen LogP contribution in [0.4, 0.5) is 0 Å². The smallest absolute Gasteiger partial charge is 0.360 e. The van der Waals surface area contributed by atoms with Crippen LogP contribution in [0.1, 0.15) is 61.3 Å². The van der Waals surface area contributed by atoms with Gasteiger partial charge >= 0.3 is 5.97 Å². The molecule has 2 N–H and O–H groups in total. The largest absolute Gasteiger partial charge is 0.464 e. The number of esters is 1. The first-order valence-corrected chi connectivity index (χ1v) is 7.43. The van der Waals surface area contributed by atoms with Gasteiger partial charge in [0.1, 0.15) is 0 Å². The van der Waals surface area contributed by atoms with Gasteiger partial charge in [-0.2, -0.15) is 0 Å². The Balaban J connectivity index is 2.19. The van der Waals surface area contributed by atoms with Crippen LogP contribution in [0, 0.1) is 5.92 Å². The van der Waals surface area contributed by atoms with E-state index in [0.717, 1.165) is 24.5 Å². The van der Waals surface area contributed by atoms with E-state index in [-0.39, 0.29) is 0 Å².